The van der Waals surface area contributed by atoms with Gasteiger partial charge in [-0.1, -0.05) is 23.5 Å². The van der Waals surface area contributed by atoms with Crippen molar-refractivity contribution in [3.63, 3.8) is 0 Å². The summed E-state index contributed by atoms with van der Waals surface area (Å²) in [6.45, 7) is 5.22. The highest BCUT2D eigenvalue weighted by Gasteiger charge is 2.34. The van der Waals surface area contributed by atoms with E-state index in [1.165, 1.54) is 28.0 Å². The highest BCUT2D eigenvalue weighted by Crippen LogP contribution is 2.41. The zero-order chi connectivity index (χ0) is 20.5. The zero-order valence-corrected chi connectivity index (χ0v) is 17.2. The molecule has 3 heterocycles. The van der Waals surface area contributed by atoms with Crippen LogP contribution in [0, 0.1) is 18.7 Å². The molecule has 0 spiro atoms. The van der Waals surface area contributed by atoms with Gasteiger partial charge in [-0.05, 0) is 57.5 Å². The molecule has 1 saturated heterocycles. The lowest BCUT2D eigenvalue weighted by molar-refractivity contribution is -0.149. The summed E-state index contributed by atoms with van der Waals surface area (Å²) in [5.41, 5.74) is 0.746. The normalized spacial score (nSPS) is 16.9. The number of hydrogen-bond acceptors (Lipinski definition) is 7. The number of rotatable bonds is 5. The highest BCUT2D eigenvalue weighted by atomic mass is 32.1. The van der Waals surface area contributed by atoms with Gasteiger partial charge in [-0.3, -0.25) is 9.69 Å². The average molecular weight is 418 g/mol. The molecule has 4 rings (SSSR count). The molecule has 2 aromatic heterocycles. The predicted molar refractivity (Wildman–Crippen MR) is 106 cm³/mol. The number of thiazole rings is 1. The monoisotopic (exact) mass is 418 g/mol. The van der Waals surface area contributed by atoms with Crippen LogP contribution in [0.5, 0.6) is 5.88 Å². The first-order valence-corrected chi connectivity index (χ1v) is 10.5. The molecule has 1 aromatic carbocycles. The number of carbonyl (C=O) groups excluding carboxylic acids is 1. The molecule has 0 bridgehead atoms. The number of hydrogen-bond donors (Lipinski definition) is 1. The van der Waals surface area contributed by atoms with Gasteiger partial charge in [0.1, 0.15) is 11.6 Å². The summed E-state index contributed by atoms with van der Waals surface area (Å²) in [5.74, 6) is -0.0174. The van der Waals surface area contributed by atoms with Crippen LogP contribution in [0.25, 0.3) is 4.96 Å². The molecule has 0 radical (unpaired) electrons. The molecule has 154 valence electrons. The molecular formula is C20H23FN4O3S. The van der Waals surface area contributed by atoms with E-state index >= 15 is 0 Å². The van der Waals surface area contributed by atoms with Crippen molar-refractivity contribution in [1.29, 1.82) is 0 Å². The molecule has 1 aliphatic heterocycles. The van der Waals surface area contributed by atoms with Gasteiger partial charge in [-0.15, -0.1) is 5.10 Å². The van der Waals surface area contributed by atoms with Gasteiger partial charge in [-0.25, -0.2) is 9.37 Å². The van der Waals surface area contributed by atoms with Crippen LogP contribution in [0.4, 0.5) is 4.39 Å². The second-order valence-corrected chi connectivity index (χ2v) is 8.17. The second kappa shape index (κ2) is 8.08. The third-order valence-corrected chi connectivity index (χ3v) is 6.31. The van der Waals surface area contributed by atoms with Crippen molar-refractivity contribution in [2.75, 3.05) is 19.7 Å². The number of nitrogens with zero attached hydrogens (tertiary/aromatic N) is 4. The van der Waals surface area contributed by atoms with E-state index < -0.39 is 0 Å². The number of benzene rings is 1. The van der Waals surface area contributed by atoms with E-state index in [0.717, 1.165) is 5.56 Å². The third kappa shape index (κ3) is 3.84. The largest absolute Gasteiger partial charge is 0.492 e. The Bertz CT molecular complexity index is 1030. The van der Waals surface area contributed by atoms with Crippen LogP contribution >= 0.6 is 11.3 Å². The van der Waals surface area contributed by atoms with Crippen LogP contribution in [-0.2, 0) is 9.53 Å². The van der Waals surface area contributed by atoms with Crippen molar-refractivity contribution in [2.24, 2.45) is 5.92 Å². The topological polar surface area (TPSA) is 80.0 Å². The van der Waals surface area contributed by atoms with Gasteiger partial charge in [-0.2, -0.15) is 4.52 Å². The zero-order valence-electron chi connectivity index (χ0n) is 16.3. The van der Waals surface area contributed by atoms with E-state index in [1.54, 1.807) is 19.9 Å². The summed E-state index contributed by atoms with van der Waals surface area (Å²) < 4.78 is 20.6. The van der Waals surface area contributed by atoms with E-state index in [-0.39, 0.29) is 29.6 Å². The molecule has 29 heavy (non-hydrogen) atoms. The fourth-order valence-electron chi connectivity index (χ4n) is 3.88. The first kappa shape index (κ1) is 19.8. The van der Waals surface area contributed by atoms with Crippen LogP contribution < -0.4 is 0 Å². The van der Waals surface area contributed by atoms with E-state index in [4.69, 9.17) is 4.74 Å². The van der Waals surface area contributed by atoms with Crippen molar-refractivity contribution >= 4 is 22.3 Å². The van der Waals surface area contributed by atoms with Gasteiger partial charge in [0.25, 0.3) is 0 Å². The number of ether oxygens (including phenoxy) is 1. The highest BCUT2D eigenvalue weighted by molar-refractivity contribution is 7.17. The lowest BCUT2D eigenvalue weighted by Crippen LogP contribution is -2.39. The number of halogens is 1. The Hall–Kier alpha value is -2.52. The average Bonchev–Trinajstić information content (AvgIpc) is 3.20. The fraction of sp³-hybridized carbons (Fsp3) is 0.450. The summed E-state index contributed by atoms with van der Waals surface area (Å²) >= 11 is 1.35. The van der Waals surface area contributed by atoms with Gasteiger partial charge in [0.2, 0.25) is 10.8 Å². The summed E-state index contributed by atoms with van der Waals surface area (Å²) in [4.78, 5) is 19.9. The van der Waals surface area contributed by atoms with Crippen molar-refractivity contribution in [3.05, 3.63) is 46.3 Å². The minimum absolute atomic E-state index is 0.0207. The van der Waals surface area contributed by atoms with E-state index in [0.29, 0.717) is 48.2 Å². The number of esters is 1. The Balaban J connectivity index is 1.67. The Labute approximate surface area is 171 Å². The SMILES string of the molecule is CCOC(=O)C1CCN([C@H](c2cccc(F)c2)c2sc3nc(C)nn3c2O)CC1. The number of likely N-dealkylation sites (tertiary alicyclic amines) is 1. The van der Waals surface area contributed by atoms with Crippen molar-refractivity contribution in [3.8, 4) is 5.88 Å². The molecule has 1 atom stereocenters. The smallest absolute Gasteiger partial charge is 0.309 e. The van der Waals surface area contributed by atoms with Crippen LogP contribution in [0.3, 0.4) is 0 Å². The summed E-state index contributed by atoms with van der Waals surface area (Å²) in [5, 5.41) is 15.1. The predicted octanol–water partition coefficient (Wildman–Crippen LogP) is 3.31. The van der Waals surface area contributed by atoms with Crippen molar-refractivity contribution in [1.82, 2.24) is 19.5 Å². The maximum atomic E-state index is 14.0. The van der Waals surface area contributed by atoms with E-state index in [9.17, 15) is 14.3 Å². The minimum atomic E-state index is -0.345. The van der Waals surface area contributed by atoms with Gasteiger partial charge >= 0.3 is 5.97 Å². The first-order chi connectivity index (χ1) is 14.0. The second-order valence-electron chi connectivity index (χ2n) is 7.16. The quantitative estimate of drug-likeness (QED) is 0.641. The van der Waals surface area contributed by atoms with Gasteiger partial charge < -0.3 is 9.84 Å². The number of aryl methyl sites for hydroxylation is 1. The molecule has 3 aromatic rings. The number of carbonyl (C=O) groups is 1. The van der Waals surface area contributed by atoms with Gasteiger partial charge in [0, 0.05) is 0 Å². The number of aromatic hydroxyl groups is 1. The van der Waals surface area contributed by atoms with Crippen LogP contribution in [0.15, 0.2) is 24.3 Å². The number of aromatic nitrogens is 3. The van der Waals surface area contributed by atoms with Gasteiger partial charge in [0.05, 0.1) is 23.4 Å². The third-order valence-electron chi connectivity index (χ3n) is 5.23. The maximum absolute atomic E-state index is 14.0. The molecule has 1 aliphatic rings. The Morgan fingerprint density at radius 3 is 2.83 bits per heavy atom. The summed E-state index contributed by atoms with van der Waals surface area (Å²) in [6, 6.07) is 6.07. The van der Waals surface area contributed by atoms with Gasteiger partial charge in [0.15, 0.2) is 0 Å². The van der Waals surface area contributed by atoms with Crippen molar-refractivity contribution < 1.29 is 19.0 Å². The Kier molecular flexibility index (Phi) is 5.51. The molecule has 0 aliphatic carbocycles. The Morgan fingerprint density at radius 2 is 2.17 bits per heavy atom. The number of piperidine rings is 1. The first-order valence-electron chi connectivity index (χ1n) is 9.69. The number of fused-ring (bicyclic) bond motifs is 1. The lowest BCUT2D eigenvalue weighted by atomic mass is 9.93. The lowest BCUT2D eigenvalue weighted by Gasteiger charge is -2.36. The van der Waals surface area contributed by atoms with E-state index in [2.05, 4.69) is 15.0 Å². The van der Waals surface area contributed by atoms with E-state index in [1.807, 2.05) is 6.07 Å². The molecular weight excluding hydrogens is 395 g/mol. The molecule has 1 N–H and O–H groups in total. The van der Waals surface area contributed by atoms with Crippen molar-refractivity contribution in [2.45, 2.75) is 32.7 Å². The minimum Gasteiger partial charge on any atom is -0.492 e. The van der Waals surface area contributed by atoms with Crippen LogP contribution in [-0.4, -0.2) is 50.3 Å². The molecule has 9 heteroatoms. The molecule has 7 nitrogen and oxygen atoms in total. The van der Waals surface area contributed by atoms with Crippen LogP contribution in [0.1, 0.15) is 42.1 Å². The van der Waals surface area contributed by atoms with Crippen LogP contribution in [0.2, 0.25) is 0 Å². The molecule has 0 unspecified atom stereocenters. The summed E-state index contributed by atoms with van der Waals surface area (Å²) in [7, 11) is 0. The molecule has 0 amide bonds. The molecule has 1 fully saturated rings. The fourth-order valence-corrected chi connectivity index (χ4v) is 5.05. The standard InChI is InChI=1S/C20H23FN4O3S/c1-3-28-19(27)13-7-9-24(10-8-13)16(14-5-4-6-15(21)11-14)17-18(26)25-20(29-17)22-12(2)23-25/h4-6,11,13,16,26H,3,7-10H2,1-2H3/t16-/m1/s1. The Morgan fingerprint density at radius 1 is 1.41 bits per heavy atom. The maximum Gasteiger partial charge on any atom is 0.309 e. The summed E-state index contributed by atoms with van der Waals surface area (Å²) in [6.07, 6.45) is 1.32. The molecule has 0 saturated carbocycles.